The van der Waals surface area contributed by atoms with E-state index in [0.29, 0.717) is 13.1 Å². The molecule has 0 aromatic carbocycles. The Morgan fingerprint density at radius 1 is 1.42 bits per heavy atom. The molecule has 2 atom stereocenters. The summed E-state index contributed by atoms with van der Waals surface area (Å²) in [5.74, 6) is -0.0234. The predicted octanol–water partition coefficient (Wildman–Crippen LogP) is -0.971. The molecule has 0 radical (unpaired) electrons. The summed E-state index contributed by atoms with van der Waals surface area (Å²) in [6.45, 7) is 1.10. The molecule has 1 aliphatic heterocycles. The van der Waals surface area contributed by atoms with Gasteiger partial charge in [0, 0.05) is 19.0 Å². The smallest absolute Gasteiger partial charge is 0.324 e. The third-order valence-corrected chi connectivity index (χ3v) is 3.87. The van der Waals surface area contributed by atoms with E-state index in [9.17, 15) is 14.4 Å². The molecule has 106 valence electrons. The molecule has 2 fully saturated rings. The van der Waals surface area contributed by atoms with Crippen LogP contribution in [0, 0.1) is 11.8 Å². The van der Waals surface area contributed by atoms with E-state index in [1.807, 2.05) is 0 Å². The minimum Gasteiger partial charge on any atom is -0.354 e. The van der Waals surface area contributed by atoms with Crippen molar-refractivity contribution in [2.75, 3.05) is 26.2 Å². The van der Waals surface area contributed by atoms with Gasteiger partial charge in [0.25, 0.3) is 0 Å². The normalized spacial score (nSPS) is 26.7. The molecule has 0 unspecified atom stereocenters. The summed E-state index contributed by atoms with van der Waals surface area (Å²) in [4.78, 5) is 35.7. The first kappa shape index (κ1) is 13.8. The molecule has 1 saturated carbocycles. The lowest BCUT2D eigenvalue weighted by molar-refractivity contribution is -0.127. The van der Waals surface area contributed by atoms with Gasteiger partial charge in [0.15, 0.2) is 0 Å². The van der Waals surface area contributed by atoms with Crippen molar-refractivity contribution in [3.05, 3.63) is 0 Å². The summed E-state index contributed by atoms with van der Waals surface area (Å²) in [6.07, 6.45) is 2.91. The summed E-state index contributed by atoms with van der Waals surface area (Å²) in [5, 5.41) is 5.23. The zero-order chi connectivity index (χ0) is 13.8. The highest BCUT2D eigenvalue weighted by Crippen LogP contribution is 2.30. The van der Waals surface area contributed by atoms with Gasteiger partial charge in [0.2, 0.25) is 11.8 Å². The summed E-state index contributed by atoms with van der Waals surface area (Å²) < 4.78 is 0. The minimum atomic E-state index is -0.389. The van der Waals surface area contributed by atoms with Gasteiger partial charge in [0.05, 0.1) is 6.54 Å². The topological polar surface area (TPSA) is 105 Å². The Hall–Kier alpha value is -1.63. The highest BCUT2D eigenvalue weighted by atomic mass is 16.2. The van der Waals surface area contributed by atoms with Gasteiger partial charge < -0.3 is 16.4 Å². The maximum Gasteiger partial charge on any atom is 0.324 e. The number of imide groups is 1. The third kappa shape index (κ3) is 3.04. The van der Waals surface area contributed by atoms with Crippen molar-refractivity contribution >= 4 is 17.8 Å². The number of hydrogen-bond acceptors (Lipinski definition) is 4. The standard InChI is InChI=1S/C12H20N4O3/c13-6-8-2-1-3-9(8)11(18)14-4-5-16-10(17)7-15-12(16)19/h8-9H,1-7,13H2,(H,14,18)(H,15,19)/t8-,9-/m1/s1. The monoisotopic (exact) mass is 268 g/mol. The van der Waals surface area contributed by atoms with Crippen LogP contribution in [0.25, 0.3) is 0 Å². The molecule has 0 spiro atoms. The van der Waals surface area contributed by atoms with Crippen molar-refractivity contribution in [2.45, 2.75) is 19.3 Å². The minimum absolute atomic E-state index is 0.0139. The third-order valence-electron chi connectivity index (χ3n) is 3.87. The van der Waals surface area contributed by atoms with Crippen LogP contribution in [0.4, 0.5) is 4.79 Å². The van der Waals surface area contributed by atoms with E-state index in [-0.39, 0.29) is 42.8 Å². The van der Waals surface area contributed by atoms with Crippen molar-refractivity contribution in [2.24, 2.45) is 17.6 Å². The molecule has 0 bridgehead atoms. The molecule has 4 N–H and O–H groups in total. The molecule has 19 heavy (non-hydrogen) atoms. The average Bonchev–Trinajstić information content (AvgIpc) is 2.99. The highest BCUT2D eigenvalue weighted by molar-refractivity contribution is 6.01. The number of carbonyl (C=O) groups is 3. The molecule has 0 aromatic heterocycles. The van der Waals surface area contributed by atoms with Gasteiger partial charge in [-0.15, -0.1) is 0 Å². The molecular weight excluding hydrogens is 248 g/mol. The van der Waals surface area contributed by atoms with Crippen LogP contribution >= 0.6 is 0 Å². The molecule has 1 aliphatic carbocycles. The largest absolute Gasteiger partial charge is 0.354 e. The number of rotatable bonds is 5. The van der Waals surface area contributed by atoms with Gasteiger partial charge in [-0.1, -0.05) is 6.42 Å². The van der Waals surface area contributed by atoms with Crippen molar-refractivity contribution in [1.29, 1.82) is 0 Å². The number of carbonyl (C=O) groups excluding carboxylic acids is 3. The predicted molar refractivity (Wildman–Crippen MR) is 68.0 cm³/mol. The number of nitrogens with two attached hydrogens (primary N) is 1. The number of nitrogens with one attached hydrogen (secondary N) is 2. The molecule has 2 aliphatic rings. The Labute approximate surface area is 111 Å². The second-order valence-corrected chi connectivity index (χ2v) is 5.03. The first-order chi connectivity index (χ1) is 9.13. The van der Waals surface area contributed by atoms with Crippen LogP contribution in [0.2, 0.25) is 0 Å². The Bertz CT molecular complexity index is 369. The molecule has 2 rings (SSSR count). The molecule has 7 nitrogen and oxygen atoms in total. The lowest BCUT2D eigenvalue weighted by atomic mass is 9.95. The van der Waals surface area contributed by atoms with Crippen LogP contribution in [-0.2, 0) is 9.59 Å². The zero-order valence-electron chi connectivity index (χ0n) is 10.9. The van der Waals surface area contributed by atoms with E-state index in [1.54, 1.807) is 0 Å². The van der Waals surface area contributed by atoms with E-state index < -0.39 is 0 Å². The van der Waals surface area contributed by atoms with E-state index in [1.165, 1.54) is 0 Å². The first-order valence-electron chi connectivity index (χ1n) is 6.69. The molecular formula is C12H20N4O3. The Morgan fingerprint density at radius 2 is 2.21 bits per heavy atom. The Kier molecular flexibility index (Phi) is 4.36. The molecule has 4 amide bonds. The lowest BCUT2D eigenvalue weighted by Gasteiger charge is -2.18. The van der Waals surface area contributed by atoms with Crippen LogP contribution in [0.1, 0.15) is 19.3 Å². The number of amides is 4. The van der Waals surface area contributed by atoms with E-state index in [4.69, 9.17) is 5.73 Å². The number of nitrogens with zero attached hydrogens (tertiary/aromatic N) is 1. The maximum atomic E-state index is 12.0. The van der Waals surface area contributed by atoms with Gasteiger partial charge in [-0.3, -0.25) is 14.5 Å². The Morgan fingerprint density at radius 3 is 2.84 bits per heavy atom. The average molecular weight is 268 g/mol. The molecule has 1 heterocycles. The quantitative estimate of drug-likeness (QED) is 0.558. The summed E-state index contributed by atoms with van der Waals surface area (Å²) in [7, 11) is 0. The number of urea groups is 1. The van der Waals surface area contributed by atoms with Gasteiger partial charge in [0.1, 0.15) is 0 Å². The van der Waals surface area contributed by atoms with E-state index >= 15 is 0 Å². The fourth-order valence-electron chi connectivity index (χ4n) is 2.77. The first-order valence-corrected chi connectivity index (χ1v) is 6.69. The van der Waals surface area contributed by atoms with Crippen molar-refractivity contribution in [3.8, 4) is 0 Å². The molecule has 1 saturated heterocycles. The Balaban J connectivity index is 1.75. The van der Waals surface area contributed by atoms with Gasteiger partial charge in [-0.2, -0.15) is 0 Å². The molecule has 7 heteroatoms. The zero-order valence-corrected chi connectivity index (χ0v) is 10.9. The number of hydrogen-bond donors (Lipinski definition) is 3. The van der Waals surface area contributed by atoms with Crippen molar-refractivity contribution in [1.82, 2.24) is 15.5 Å². The van der Waals surface area contributed by atoms with Gasteiger partial charge >= 0.3 is 6.03 Å². The van der Waals surface area contributed by atoms with Crippen LogP contribution in [0.3, 0.4) is 0 Å². The summed E-state index contributed by atoms with van der Waals surface area (Å²) in [6, 6.07) is -0.389. The van der Waals surface area contributed by atoms with Crippen molar-refractivity contribution in [3.63, 3.8) is 0 Å². The maximum absolute atomic E-state index is 12.0. The summed E-state index contributed by atoms with van der Waals surface area (Å²) in [5.41, 5.74) is 5.64. The highest BCUT2D eigenvalue weighted by Gasteiger charge is 2.32. The SMILES string of the molecule is NC[C@H]1CCC[C@H]1C(=O)NCCN1C(=O)CNC1=O. The van der Waals surface area contributed by atoms with Gasteiger partial charge in [-0.05, 0) is 25.3 Å². The van der Waals surface area contributed by atoms with Crippen LogP contribution in [0.15, 0.2) is 0 Å². The van der Waals surface area contributed by atoms with E-state index in [0.717, 1.165) is 24.2 Å². The van der Waals surface area contributed by atoms with Crippen LogP contribution in [0.5, 0.6) is 0 Å². The van der Waals surface area contributed by atoms with Gasteiger partial charge in [-0.25, -0.2) is 4.79 Å². The van der Waals surface area contributed by atoms with Crippen LogP contribution < -0.4 is 16.4 Å². The second-order valence-electron chi connectivity index (χ2n) is 5.03. The fourth-order valence-corrected chi connectivity index (χ4v) is 2.77. The van der Waals surface area contributed by atoms with E-state index in [2.05, 4.69) is 10.6 Å². The lowest BCUT2D eigenvalue weighted by Crippen LogP contribution is -2.41. The fraction of sp³-hybridized carbons (Fsp3) is 0.750. The summed E-state index contributed by atoms with van der Waals surface area (Å²) >= 11 is 0. The van der Waals surface area contributed by atoms with Crippen molar-refractivity contribution < 1.29 is 14.4 Å². The molecule has 0 aromatic rings. The van der Waals surface area contributed by atoms with Crippen LogP contribution in [-0.4, -0.2) is 48.9 Å². The second kappa shape index (κ2) is 6.01.